The summed E-state index contributed by atoms with van der Waals surface area (Å²) in [6, 6.07) is 2.42. The van der Waals surface area contributed by atoms with Crippen LogP contribution in [0, 0.1) is 0 Å². The third kappa shape index (κ3) is 2.20. The number of fused-ring (bicyclic) bond motifs is 1. The summed E-state index contributed by atoms with van der Waals surface area (Å²) in [6.45, 7) is 4.56. The van der Waals surface area contributed by atoms with E-state index in [9.17, 15) is 0 Å². The second-order valence-electron chi connectivity index (χ2n) is 4.91. The molecule has 1 aromatic rings. The molecule has 5 nitrogen and oxygen atoms in total. The highest BCUT2D eigenvalue weighted by atomic mass is 15.3. The number of hydrogen-bond donors (Lipinski definition) is 1. The molecule has 1 unspecified atom stereocenters. The van der Waals surface area contributed by atoms with Crippen LogP contribution in [0.4, 0.5) is 11.8 Å². The van der Waals surface area contributed by atoms with Crippen LogP contribution in [-0.2, 0) is 0 Å². The molecule has 2 aliphatic heterocycles. The zero-order chi connectivity index (χ0) is 11.7. The number of nitrogens with two attached hydrogens (primary N) is 1. The molecule has 1 aromatic heterocycles. The van der Waals surface area contributed by atoms with Gasteiger partial charge < -0.3 is 10.6 Å². The summed E-state index contributed by atoms with van der Waals surface area (Å²) in [7, 11) is 0. The van der Waals surface area contributed by atoms with Gasteiger partial charge in [0.2, 0.25) is 5.95 Å². The molecular formula is C12H19N5. The van der Waals surface area contributed by atoms with Crippen molar-refractivity contribution in [2.45, 2.75) is 25.3 Å². The number of hydrogen-bond acceptors (Lipinski definition) is 5. The van der Waals surface area contributed by atoms with Gasteiger partial charge in [-0.3, -0.25) is 4.90 Å². The van der Waals surface area contributed by atoms with E-state index in [0.717, 1.165) is 19.0 Å². The van der Waals surface area contributed by atoms with E-state index in [2.05, 4.69) is 19.8 Å². The highest BCUT2D eigenvalue weighted by Crippen LogP contribution is 2.23. The highest BCUT2D eigenvalue weighted by molar-refractivity contribution is 5.38. The van der Waals surface area contributed by atoms with Crippen molar-refractivity contribution in [3.63, 3.8) is 0 Å². The molecule has 0 radical (unpaired) electrons. The standard InChI is InChI=1S/C12H19N5/c13-11-4-5-14-12(15-11)17-8-2-7-16-6-1-3-10(16)9-17/h4-5,10H,1-3,6-9H2,(H2,13,14,15). The molecule has 2 aliphatic rings. The van der Waals surface area contributed by atoms with Gasteiger partial charge in [0.05, 0.1) is 0 Å². The van der Waals surface area contributed by atoms with Crippen molar-refractivity contribution in [1.82, 2.24) is 14.9 Å². The molecule has 17 heavy (non-hydrogen) atoms. The Labute approximate surface area is 102 Å². The maximum Gasteiger partial charge on any atom is 0.227 e. The predicted octanol–water partition coefficient (Wildman–Crippen LogP) is 0.733. The van der Waals surface area contributed by atoms with E-state index < -0.39 is 0 Å². The lowest BCUT2D eigenvalue weighted by molar-refractivity contribution is 0.273. The molecule has 3 heterocycles. The Balaban J connectivity index is 1.78. The van der Waals surface area contributed by atoms with E-state index in [1.54, 1.807) is 12.3 Å². The van der Waals surface area contributed by atoms with E-state index in [4.69, 9.17) is 5.73 Å². The van der Waals surface area contributed by atoms with Gasteiger partial charge in [-0.1, -0.05) is 0 Å². The van der Waals surface area contributed by atoms with Crippen LogP contribution in [0.5, 0.6) is 0 Å². The lowest BCUT2D eigenvalue weighted by Gasteiger charge is -2.25. The van der Waals surface area contributed by atoms with Gasteiger partial charge in [0.15, 0.2) is 0 Å². The number of aromatic nitrogens is 2. The monoisotopic (exact) mass is 233 g/mol. The van der Waals surface area contributed by atoms with Crippen LogP contribution < -0.4 is 10.6 Å². The van der Waals surface area contributed by atoms with Crippen LogP contribution in [0.15, 0.2) is 12.3 Å². The van der Waals surface area contributed by atoms with E-state index in [0.29, 0.717) is 11.9 Å². The molecule has 3 rings (SSSR count). The second kappa shape index (κ2) is 4.49. The first-order valence-corrected chi connectivity index (χ1v) is 6.40. The zero-order valence-corrected chi connectivity index (χ0v) is 10.0. The Morgan fingerprint density at radius 3 is 3.00 bits per heavy atom. The SMILES string of the molecule is Nc1ccnc(N2CCCN3CCCC3C2)n1. The van der Waals surface area contributed by atoms with Crippen molar-refractivity contribution in [1.29, 1.82) is 0 Å². The summed E-state index contributed by atoms with van der Waals surface area (Å²) in [5, 5.41) is 0. The van der Waals surface area contributed by atoms with Gasteiger partial charge in [0.25, 0.3) is 0 Å². The molecule has 0 aromatic carbocycles. The van der Waals surface area contributed by atoms with E-state index in [-0.39, 0.29) is 0 Å². The number of nitrogens with zero attached hydrogens (tertiary/aromatic N) is 4. The summed E-state index contributed by atoms with van der Waals surface area (Å²) in [5.74, 6) is 1.35. The van der Waals surface area contributed by atoms with E-state index >= 15 is 0 Å². The molecule has 1 atom stereocenters. The van der Waals surface area contributed by atoms with Gasteiger partial charge in [0.1, 0.15) is 5.82 Å². The number of rotatable bonds is 1. The molecule has 2 saturated heterocycles. The molecule has 5 heteroatoms. The minimum Gasteiger partial charge on any atom is -0.384 e. The first kappa shape index (κ1) is 10.8. The molecule has 0 amide bonds. The van der Waals surface area contributed by atoms with Crippen LogP contribution in [0.1, 0.15) is 19.3 Å². The molecule has 2 fully saturated rings. The quantitative estimate of drug-likeness (QED) is 0.775. The van der Waals surface area contributed by atoms with Gasteiger partial charge in [-0.15, -0.1) is 0 Å². The highest BCUT2D eigenvalue weighted by Gasteiger charge is 2.29. The largest absolute Gasteiger partial charge is 0.384 e. The molecule has 2 N–H and O–H groups in total. The lowest BCUT2D eigenvalue weighted by atomic mass is 10.2. The second-order valence-corrected chi connectivity index (χ2v) is 4.91. The Kier molecular flexibility index (Phi) is 2.84. The van der Waals surface area contributed by atoms with Gasteiger partial charge >= 0.3 is 0 Å². The van der Waals surface area contributed by atoms with Crippen molar-refractivity contribution in [2.75, 3.05) is 36.8 Å². The average molecular weight is 233 g/mol. The van der Waals surface area contributed by atoms with Crippen molar-refractivity contribution in [3.8, 4) is 0 Å². The van der Waals surface area contributed by atoms with Crippen LogP contribution in [-0.4, -0.2) is 47.1 Å². The molecule has 0 saturated carbocycles. The third-order valence-corrected chi connectivity index (χ3v) is 3.75. The first-order valence-electron chi connectivity index (χ1n) is 6.40. The molecule has 0 spiro atoms. The van der Waals surface area contributed by atoms with Crippen molar-refractivity contribution < 1.29 is 0 Å². The van der Waals surface area contributed by atoms with Gasteiger partial charge in [0, 0.05) is 31.9 Å². The fourth-order valence-electron chi connectivity index (χ4n) is 2.90. The average Bonchev–Trinajstić information content (AvgIpc) is 2.66. The van der Waals surface area contributed by atoms with Crippen LogP contribution in [0.3, 0.4) is 0 Å². The van der Waals surface area contributed by atoms with Crippen LogP contribution >= 0.6 is 0 Å². The topological polar surface area (TPSA) is 58.3 Å². The molecule has 92 valence electrons. The fraction of sp³-hybridized carbons (Fsp3) is 0.667. The van der Waals surface area contributed by atoms with Gasteiger partial charge in [-0.05, 0) is 31.9 Å². The zero-order valence-electron chi connectivity index (χ0n) is 10.0. The van der Waals surface area contributed by atoms with Crippen LogP contribution in [0.2, 0.25) is 0 Å². The van der Waals surface area contributed by atoms with Crippen molar-refractivity contribution in [2.24, 2.45) is 0 Å². The Morgan fingerprint density at radius 1 is 1.24 bits per heavy atom. The molecule has 0 aliphatic carbocycles. The third-order valence-electron chi connectivity index (χ3n) is 3.75. The normalized spacial score (nSPS) is 25.6. The molecule has 0 bridgehead atoms. The Bertz CT molecular complexity index is 394. The Hall–Kier alpha value is -1.36. The first-order chi connectivity index (χ1) is 8.33. The summed E-state index contributed by atoms with van der Waals surface area (Å²) in [5.41, 5.74) is 5.72. The van der Waals surface area contributed by atoms with Gasteiger partial charge in [-0.2, -0.15) is 4.98 Å². The molecular weight excluding hydrogens is 214 g/mol. The van der Waals surface area contributed by atoms with Gasteiger partial charge in [-0.25, -0.2) is 4.98 Å². The summed E-state index contributed by atoms with van der Waals surface area (Å²) < 4.78 is 0. The van der Waals surface area contributed by atoms with Crippen molar-refractivity contribution >= 4 is 11.8 Å². The lowest BCUT2D eigenvalue weighted by Crippen LogP contribution is -2.37. The maximum atomic E-state index is 5.72. The van der Waals surface area contributed by atoms with Crippen molar-refractivity contribution in [3.05, 3.63) is 12.3 Å². The minimum atomic E-state index is 0.558. The summed E-state index contributed by atoms with van der Waals surface area (Å²) in [6.07, 6.45) is 5.57. The minimum absolute atomic E-state index is 0.558. The summed E-state index contributed by atoms with van der Waals surface area (Å²) >= 11 is 0. The predicted molar refractivity (Wildman–Crippen MR) is 67.9 cm³/mol. The number of anilines is 2. The Morgan fingerprint density at radius 2 is 2.12 bits per heavy atom. The van der Waals surface area contributed by atoms with E-state index in [1.165, 1.54) is 32.4 Å². The van der Waals surface area contributed by atoms with E-state index in [1.807, 2.05) is 0 Å². The summed E-state index contributed by atoms with van der Waals surface area (Å²) in [4.78, 5) is 13.5. The fourth-order valence-corrected chi connectivity index (χ4v) is 2.90. The number of nitrogen functional groups attached to an aromatic ring is 1. The maximum absolute atomic E-state index is 5.72. The smallest absolute Gasteiger partial charge is 0.227 e. The van der Waals surface area contributed by atoms with Crippen LogP contribution in [0.25, 0.3) is 0 Å².